The van der Waals surface area contributed by atoms with Crippen molar-refractivity contribution in [2.45, 2.75) is 39.2 Å². The maximum absolute atomic E-state index is 11.9. The minimum absolute atomic E-state index is 0.229. The lowest BCUT2D eigenvalue weighted by Gasteiger charge is -2.07. The second kappa shape index (κ2) is 5.96. The first-order valence-electron chi connectivity index (χ1n) is 6.27. The fourth-order valence-electron chi connectivity index (χ4n) is 1.78. The lowest BCUT2D eigenvalue weighted by atomic mass is 10.1. The van der Waals surface area contributed by atoms with Gasteiger partial charge in [-0.25, -0.2) is 0 Å². The van der Waals surface area contributed by atoms with Gasteiger partial charge in [0, 0.05) is 23.5 Å². The maximum Gasteiger partial charge on any atom is 0.144 e. The van der Waals surface area contributed by atoms with E-state index in [2.05, 4.69) is 18.9 Å². The van der Waals surface area contributed by atoms with E-state index in [0.29, 0.717) is 18.9 Å². The maximum atomic E-state index is 11.9. The normalized spacial score (nSPS) is 12.6. The van der Waals surface area contributed by atoms with Crippen LogP contribution in [0.15, 0.2) is 29.8 Å². The molecule has 2 aromatic heterocycles. The summed E-state index contributed by atoms with van der Waals surface area (Å²) in [7, 11) is 0. The largest absolute Gasteiger partial charge is 0.299 e. The van der Waals surface area contributed by atoms with Gasteiger partial charge in [0.05, 0.1) is 12.1 Å². The van der Waals surface area contributed by atoms with E-state index in [4.69, 9.17) is 0 Å². The molecule has 0 N–H and O–H groups in total. The molecule has 0 aliphatic carbocycles. The van der Waals surface area contributed by atoms with Crippen LogP contribution in [0, 0.1) is 0 Å². The van der Waals surface area contributed by atoms with Gasteiger partial charge in [-0.3, -0.25) is 9.48 Å². The molecular weight excluding hydrogens is 244 g/mol. The van der Waals surface area contributed by atoms with Gasteiger partial charge < -0.3 is 0 Å². The highest BCUT2D eigenvalue weighted by Crippen LogP contribution is 2.12. The summed E-state index contributed by atoms with van der Waals surface area (Å²) in [6, 6.07) is 6.31. The zero-order valence-corrected chi connectivity index (χ0v) is 11.6. The molecule has 3 nitrogen and oxygen atoms in total. The third-order valence-corrected chi connectivity index (χ3v) is 3.91. The molecule has 0 aliphatic heterocycles. The topological polar surface area (TPSA) is 34.9 Å². The molecule has 96 valence electrons. The molecule has 0 fully saturated rings. The summed E-state index contributed by atoms with van der Waals surface area (Å²) in [6.45, 7) is 4.26. The van der Waals surface area contributed by atoms with Crippen molar-refractivity contribution < 1.29 is 4.79 Å². The Hall–Kier alpha value is -1.42. The lowest BCUT2D eigenvalue weighted by molar-refractivity contribution is -0.117. The van der Waals surface area contributed by atoms with Gasteiger partial charge >= 0.3 is 0 Å². The van der Waals surface area contributed by atoms with E-state index < -0.39 is 0 Å². The van der Waals surface area contributed by atoms with Crippen LogP contribution < -0.4 is 0 Å². The van der Waals surface area contributed by atoms with Crippen molar-refractivity contribution in [2.75, 3.05) is 0 Å². The molecule has 4 heteroatoms. The van der Waals surface area contributed by atoms with Gasteiger partial charge in [-0.05, 0) is 30.9 Å². The van der Waals surface area contributed by atoms with Crippen molar-refractivity contribution in [1.82, 2.24) is 9.78 Å². The van der Waals surface area contributed by atoms with Crippen LogP contribution in [0.1, 0.15) is 36.9 Å². The minimum atomic E-state index is 0.229. The number of carbonyl (C=O) groups is 1. The molecule has 0 spiro atoms. The van der Waals surface area contributed by atoms with Gasteiger partial charge in [-0.1, -0.05) is 13.0 Å². The summed E-state index contributed by atoms with van der Waals surface area (Å²) in [5.74, 6) is 0.229. The summed E-state index contributed by atoms with van der Waals surface area (Å²) in [6.07, 6.45) is 3.96. The minimum Gasteiger partial charge on any atom is -0.299 e. The van der Waals surface area contributed by atoms with Crippen LogP contribution in [0.5, 0.6) is 0 Å². The number of rotatable bonds is 6. The van der Waals surface area contributed by atoms with Crippen molar-refractivity contribution in [3.8, 4) is 0 Å². The van der Waals surface area contributed by atoms with Crippen molar-refractivity contribution in [1.29, 1.82) is 0 Å². The Morgan fingerprint density at radius 2 is 2.28 bits per heavy atom. The lowest BCUT2D eigenvalue weighted by Crippen LogP contribution is -2.08. The smallest absolute Gasteiger partial charge is 0.144 e. The zero-order chi connectivity index (χ0) is 13.0. The van der Waals surface area contributed by atoms with Gasteiger partial charge in [0.15, 0.2) is 0 Å². The van der Waals surface area contributed by atoms with E-state index >= 15 is 0 Å². The molecule has 2 aromatic rings. The highest BCUT2D eigenvalue weighted by atomic mass is 32.1. The van der Waals surface area contributed by atoms with E-state index in [1.165, 1.54) is 0 Å². The van der Waals surface area contributed by atoms with Crippen LogP contribution in [-0.4, -0.2) is 15.6 Å². The molecule has 18 heavy (non-hydrogen) atoms. The zero-order valence-electron chi connectivity index (χ0n) is 10.8. The second-order valence-corrected chi connectivity index (χ2v) is 5.55. The van der Waals surface area contributed by atoms with Gasteiger partial charge in [-0.2, -0.15) is 5.10 Å². The first-order chi connectivity index (χ1) is 8.69. The van der Waals surface area contributed by atoms with Crippen LogP contribution in [-0.2, 0) is 17.6 Å². The molecule has 0 aromatic carbocycles. The summed E-state index contributed by atoms with van der Waals surface area (Å²) >= 11 is 1.63. The fourth-order valence-corrected chi connectivity index (χ4v) is 2.51. The summed E-state index contributed by atoms with van der Waals surface area (Å²) < 4.78 is 1.94. The fraction of sp³-hybridized carbons (Fsp3) is 0.429. The first-order valence-corrected chi connectivity index (χ1v) is 7.15. The number of carbonyl (C=O) groups excluding carboxylic acids is 1. The number of Topliss-reactive ketones (excluding diaryl/α,β-unsaturated/α-hetero) is 1. The molecule has 0 saturated heterocycles. The van der Waals surface area contributed by atoms with Gasteiger partial charge in [0.25, 0.3) is 0 Å². The van der Waals surface area contributed by atoms with Crippen molar-refractivity contribution in [2.24, 2.45) is 0 Å². The monoisotopic (exact) mass is 262 g/mol. The Morgan fingerprint density at radius 3 is 2.94 bits per heavy atom. The van der Waals surface area contributed by atoms with E-state index in [9.17, 15) is 4.79 Å². The molecular formula is C14H18N2OS. The quantitative estimate of drug-likeness (QED) is 0.801. The van der Waals surface area contributed by atoms with Crippen LogP contribution >= 0.6 is 11.3 Å². The molecule has 2 heterocycles. The number of hydrogen-bond acceptors (Lipinski definition) is 3. The number of nitrogens with zero attached hydrogens (tertiary/aromatic N) is 2. The molecule has 0 bridgehead atoms. The molecule has 0 aliphatic rings. The van der Waals surface area contributed by atoms with Crippen molar-refractivity contribution >= 4 is 17.1 Å². The number of hydrogen-bond donors (Lipinski definition) is 0. The van der Waals surface area contributed by atoms with E-state index in [-0.39, 0.29) is 5.78 Å². The third-order valence-electron chi connectivity index (χ3n) is 3.04. The van der Waals surface area contributed by atoms with Gasteiger partial charge in [0.1, 0.15) is 5.78 Å². The highest BCUT2D eigenvalue weighted by Gasteiger charge is 2.10. The van der Waals surface area contributed by atoms with Crippen LogP contribution in [0.3, 0.4) is 0 Å². The Balaban J connectivity index is 1.93. The third kappa shape index (κ3) is 3.29. The molecule has 1 atom stereocenters. The highest BCUT2D eigenvalue weighted by molar-refractivity contribution is 7.10. The Kier molecular flexibility index (Phi) is 4.31. The van der Waals surface area contributed by atoms with Crippen LogP contribution in [0.2, 0.25) is 0 Å². The molecule has 0 saturated carbocycles. The molecule has 1 unspecified atom stereocenters. The van der Waals surface area contributed by atoms with Crippen LogP contribution in [0.4, 0.5) is 0 Å². The summed E-state index contributed by atoms with van der Waals surface area (Å²) in [4.78, 5) is 13.0. The van der Waals surface area contributed by atoms with Crippen LogP contribution in [0.25, 0.3) is 0 Å². The number of aromatic nitrogens is 2. The number of ketones is 1. The van der Waals surface area contributed by atoms with Gasteiger partial charge in [-0.15, -0.1) is 11.3 Å². The molecule has 2 rings (SSSR count). The van der Waals surface area contributed by atoms with Crippen molar-refractivity contribution in [3.05, 3.63) is 40.3 Å². The summed E-state index contributed by atoms with van der Waals surface area (Å²) in [5.41, 5.74) is 0.872. The van der Waals surface area contributed by atoms with Crippen molar-refractivity contribution in [3.63, 3.8) is 0 Å². The summed E-state index contributed by atoms with van der Waals surface area (Å²) in [5, 5.41) is 6.45. The predicted octanol–water partition coefficient (Wildman–Crippen LogP) is 3.27. The van der Waals surface area contributed by atoms with E-state index in [1.807, 2.05) is 34.5 Å². The van der Waals surface area contributed by atoms with Gasteiger partial charge in [0.2, 0.25) is 0 Å². The average molecular weight is 262 g/mol. The first kappa shape index (κ1) is 13.0. The second-order valence-electron chi connectivity index (χ2n) is 4.52. The Labute approximate surface area is 111 Å². The van der Waals surface area contributed by atoms with E-state index in [1.54, 1.807) is 11.3 Å². The predicted molar refractivity (Wildman–Crippen MR) is 74.0 cm³/mol. The standard InChI is InChI=1S/C14H18N2OS/c1-3-11(2)16-7-6-12(15-16)9-13(17)10-14-5-4-8-18-14/h4-8,11H,3,9-10H2,1-2H3. The molecule has 0 radical (unpaired) electrons. The molecule has 0 amide bonds. The number of thiophene rings is 1. The Morgan fingerprint density at radius 1 is 1.44 bits per heavy atom. The SMILES string of the molecule is CCC(C)n1ccc(CC(=O)Cc2cccs2)n1. The average Bonchev–Trinajstić information content (AvgIpc) is 2.99. The van der Waals surface area contributed by atoms with E-state index in [0.717, 1.165) is 17.0 Å². The Bertz CT molecular complexity index is 502.